The average Bonchev–Trinajstić information content (AvgIpc) is 2.47. The van der Waals surface area contributed by atoms with E-state index >= 15 is 0 Å². The van der Waals surface area contributed by atoms with E-state index in [9.17, 15) is 14.4 Å². The van der Waals surface area contributed by atoms with E-state index in [0.29, 0.717) is 13.1 Å². The van der Waals surface area contributed by atoms with Gasteiger partial charge in [0.15, 0.2) is 0 Å². The van der Waals surface area contributed by atoms with Gasteiger partial charge >= 0.3 is 18.0 Å². The minimum atomic E-state index is -1.27. The van der Waals surface area contributed by atoms with Crippen LogP contribution in [0.4, 0.5) is 4.79 Å². The standard InChI is InChI=1S/C13H23N3O5/c1-3-4-15-5-7-16(8-6-15)13(20)14-10(12(18)19)9-11(17)21-2/h10H,3-9H2,1-2H3,(H,14,20)(H,18,19)/t10-/m0/s1. The molecule has 2 amide bonds. The first-order valence-electron chi connectivity index (χ1n) is 7.05. The van der Waals surface area contributed by atoms with Crippen molar-refractivity contribution in [1.82, 2.24) is 15.1 Å². The summed E-state index contributed by atoms with van der Waals surface area (Å²) in [5, 5.41) is 11.4. The third-order valence-electron chi connectivity index (χ3n) is 3.39. The van der Waals surface area contributed by atoms with E-state index in [4.69, 9.17) is 5.11 Å². The summed E-state index contributed by atoms with van der Waals surface area (Å²) in [5.74, 6) is -1.92. The molecule has 0 aromatic rings. The fourth-order valence-electron chi connectivity index (χ4n) is 2.18. The van der Waals surface area contributed by atoms with E-state index in [0.717, 1.165) is 26.1 Å². The largest absolute Gasteiger partial charge is 0.480 e. The van der Waals surface area contributed by atoms with Crippen molar-refractivity contribution in [2.75, 3.05) is 39.8 Å². The third kappa shape index (κ3) is 5.58. The van der Waals surface area contributed by atoms with E-state index in [1.807, 2.05) is 0 Å². The Morgan fingerprint density at radius 3 is 2.33 bits per heavy atom. The van der Waals surface area contributed by atoms with Gasteiger partial charge in [0.05, 0.1) is 13.5 Å². The molecule has 120 valence electrons. The molecule has 1 rings (SSSR count). The number of carboxylic acids is 1. The number of urea groups is 1. The monoisotopic (exact) mass is 301 g/mol. The van der Waals surface area contributed by atoms with Crippen molar-refractivity contribution in [3.05, 3.63) is 0 Å². The quantitative estimate of drug-likeness (QED) is 0.656. The van der Waals surface area contributed by atoms with Crippen LogP contribution >= 0.6 is 0 Å². The van der Waals surface area contributed by atoms with Crippen LogP contribution in [0.3, 0.4) is 0 Å². The molecule has 1 fully saturated rings. The first kappa shape index (κ1) is 17.2. The minimum Gasteiger partial charge on any atom is -0.480 e. The molecule has 1 heterocycles. The Labute approximate surface area is 124 Å². The smallest absolute Gasteiger partial charge is 0.326 e. The number of carbonyl (C=O) groups is 3. The van der Waals surface area contributed by atoms with E-state index in [2.05, 4.69) is 21.9 Å². The highest BCUT2D eigenvalue weighted by molar-refractivity contribution is 5.86. The molecule has 1 aliphatic heterocycles. The van der Waals surface area contributed by atoms with Crippen LogP contribution in [0.5, 0.6) is 0 Å². The highest BCUT2D eigenvalue weighted by Crippen LogP contribution is 2.04. The first-order valence-corrected chi connectivity index (χ1v) is 7.05. The van der Waals surface area contributed by atoms with E-state index in [-0.39, 0.29) is 6.42 Å². The summed E-state index contributed by atoms with van der Waals surface area (Å²) in [6, 6.07) is -1.72. The van der Waals surface area contributed by atoms with Gasteiger partial charge in [-0.2, -0.15) is 0 Å². The van der Waals surface area contributed by atoms with Crippen molar-refractivity contribution in [2.45, 2.75) is 25.8 Å². The lowest BCUT2D eigenvalue weighted by Crippen LogP contribution is -2.55. The summed E-state index contributed by atoms with van der Waals surface area (Å²) < 4.78 is 4.43. The summed E-state index contributed by atoms with van der Waals surface area (Å²) >= 11 is 0. The molecule has 8 nitrogen and oxygen atoms in total. The van der Waals surface area contributed by atoms with Crippen molar-refractivity contribution in [3.63, 3.8) is 0 Å². The number of carboxylic acid groups (broad SMARTS) is 1. The summed E-state index contributed by atoms with van der Waals surface area (Å²) in [4.78, 5) is 38.1. The Morgan fingerprint density at radius 2 is 1.86 bits per heavy atom. The second-order valence-electron chi connectivity index (χ2n) is 4.95. The van der Waals surface area contributed by atoms with Crippen molar-refractivity contribution >= 4 is 18.0 Å². The number of nitrogens with zero attached hydrogens (tertiary/aromatic N) is 2. The molecule has 0 radical (unpaired) electrons. The van der Waals surface area contributed by atoms with Crippen molar-refractivity contribution in [3.8, 4) is 0 Å². The Bertz CT molecular complexity index is 380. The van der Waals surface area contributed by atoms with Crippen LogP contribution in [0.25, 0.3) is 0 Å². The van der Waals surface area contributed by atoms with Crippen LogP contribution in [0, 0.1) is 0 Å². The predicted octanol–water partition coefficient (Wildman–Crippen LogP) is -0.260. The Hall–Kier alpha value is -1.83. The summed E-state index contributed by atoms with van der Waals surface area (Å²) in [7, 11) is 1.18. The molecule has 0 spiro atoms. The molecule has 0 aromatic heterocycles. The fraction of sp³-hybridized carbons (Fsp3) is 0.769. The molecular formula is C13H23N3O5. The van der Waals surface area contributed by atoms with Crippen molar-refractivity contribution < 1.29 is 24.2 Å². The molecule has 1 aliphatic rings. The number of ether oxygens (including phenoxy) is 1. The first-order chi connectivity index (χ1) is 9.97. The van der Waals surface area contributed by atoms with E-state index < -0.39 is 24.0 Å². The number of aliphatic carboxylic acids is 1. The van der Waals surface area contributed by atoms with Gasteiger partial charge in [-0.15, -0.1) is 0 Å². The van der Waals surface area contributed by atoms with Gasteiger partial charge in [-0.3, -0.25) is 9.69 Å². The highest BCUT2D eigenvalue weighted by Gasteiger charge is 2.27. The normalized spacial score (nSPS) is 17.1. The zero-order chi connectivity index (χ0) is 15.8. The third-order valence-corrected chi connectivity index (χ3v) is 3.39. The molecule has 0 aliphatic carbocycles. The number of rotatable bonds is 6. The zero-order valence-electron chi connectivity index (χ0n) is 12.5. The summed E-state index contributed by atoms with van der Waals surface area (Å²) in [6.07, 6.45) is 0.680. The maximum absolute atomic E-state index is 12.0. The van der Waals surface area contributed by atoms with Crippen LogP contribution in [-0.2, 0) is 14.3 Å². The number of esters is 1. The second kappa shape index (κ2) is 8.46. The number of carbonyl (C=O) groups excluding carboxylic acids is 2. The lowest BCUT2D eigenvalue weighted by molar-refractivity contribution is -0.147. The maximum atomic E-state index is 12.0. The molecule has 0 saturated carbocycles. The number of methoxy groups -OCH3 is 1. The number of amides is 2. The van der Waals surface area contributed by atoms with Crippen molar-refractivity contribution in [2.24, 2.45) is 0 Å². The molecule has 21 heavy (non-hydrogen) atoms. The predicted molar refractivity (Wildman–Crippen MR) is 74.9 cm³/mol. The summed E-state index contributed by atoms with van der Waals surface area (Å²) in [6.45, 7) is 5.75. The van der Waals surface area contributed by atoms with E-state index in [1.165, 1.54) is 7.11 Å². The lowest BCUT2D eigenvalue weighted by atomic mass is 10.2. The van der Waals surface area contributed by atoms with Gasteiger partial charge in [0.2, 0.25) is 0 Å². The zero-order valence-corrected chi connectivity index (χ0v) is 12.5. The number of nitrogens with one attached hydrogen (secondary N) is 1. The van der Waals surface area contributed by atoms with Crippen LogP contribution in [0.15, 0.2) is 0 Å². The fourth-order valence-corrected chi connectivity index (χ4v) is 2.18. The maximum Gasteiger partial charge on any atom is 0.326 e. The van der Waals surface area contributed by atoms with Gasteiger partial charge in [0.25, 0.3) is 0 Å². The van der Waals surface area contributed by atoms with E-state index in [1.54, 1.807) is 4.90 Å². The SMILES string of the molecule is CCCN1CCN(C(=O)N[C@@H](CC(=O)OC)C(=O)O)CC1. The van der Waals surface area contributed by atoms with Gasteiger partial charge < -0.3 is 20.1 Å². The number of piperazine rings is 1. The van der Waals surface area contributed by atoms with Gasteiger partial charge in [0.1, 0.15) is 6.04 Å². The Balaban J connectivity index is 2.47. The minimum absolute atomic E-state index is 0.382. The van der Waals surface area contributed by atoms with Gasteiger partial charge in [0, 0.05) is 26.2 Å². The van der Waals surface area contributed by atoms with Gasteiger partial charge in [-0.1, -0.05) is 6.92 Å². The average molecular weight is 301 g/mol. The van der Waals surface area contributed by atoms with Crippen LogP contribution in [-0.4, -0.2) is 78.8 Å². The number of hydrogen-bond acceptors (Lipinski definition) is 5. The molecule has 0 bridgehead atoms. The topological polar surface area (TPSA) is 99.2 Å². The Kier molecular flexibility index (Phi) is 6.93. The van der Waals surface area contributed by atoms with Crippen LogP contribution in [0.1, 0.15) is 19.8 Å². The van der Waals surface area contributed by atoms with Crippen LogP contribution in [0.2, 0.25) is 0 Å². The van der Waals surface area contributed by atoms with Gasteiger partial charge in [-0.25, -0.2) is 9.59 Å². The van der Waals surface area contributed by atoms with Gasteiger partial charge in [-0.05, 0) is 13.0 Å². The van der Waals surface area contributed by atoms with Crippen molar-refractivity contribution in [1.29, 1.82) is 0 Å². The molecule has 1 saturated heterocycles. The lowest BCUT2D eigenvalue weighted by Gasteiger charge is -2.35. The molecule has 2 N–H and O–H groups in total. The van der Waals surface area contributed by atoms with Crippen LogP contribution < -0.4 is 5.32 Å². The molecule has 1 atom stereocenters. The molecule has 0 unspecified atom stereocenters. The highest BCUT2D eigenvalue weighted by atomic mass is 16.5. The Morgan fingerprint density at radius 1 is 1.24 bits per heavy atom. The summed E-state index contributed by atoms with van der Waals surface area (Å²) in [5.41, 5.74) is 0. The molecule has 8 heteroatoms. The molecule has 0 aromatic carbocycles. The second-order valence-corrected chi connectivity index (χ2v) is 4.95. The molecular weight excluding hydrogens is 278 g/mol. The number of hydrogen-bond donors (Lipinski definition) is 2.